The van der Waals surface area contributed by atoms with Crippen molar-refractivity contribution in [3.05, 3.63) is 47.0 Å². The molecule has 0 aromatic heterocycles. The van der Waals surface area contributed by atoms with Crippen molar-refractivity contribution in [1.82, 2.24) is 0 Å². The molecule has 0 radical (unpaired) electrons. The van der Waals surface area contributed by atoms with Gasteiger partial charge in [-0.1, -0.05) is 40.1 Å². The number of unbranched alkanes of at least 4 members (excludes halogenated alkanes) is 1. The predicted molar refractivity (Wildman–Crippen MR) is 80.1 cm³/mol. The van der Waals surface area contributed by atoms with Crippen molar-refractivity contribution in [3.63, 3.8) is 0 Å². The lowest BCUT2D eigenvalue weighted by molar-refractivity contribution is 0.0239. The highest BCUT2D eigenvalue weighted by atomic mass is 79.9. The summed E-state index contributed by atoms with van der Waals surface area (Å²) < 4.78 is 1.01. The Kier molecular flexibility index (Phi) is 5.65. The van der Waals surface area contributed by atoms with Gasteiger partial charge in [0.15, 0.2) is 0 Å². The highest BCUT2D eigenvalue weighted by Gasteiger charge is 2.29. The molecule has 0 bridgehead atoms. The molecule has 0 aliphatic rings. The first-order chi connectivity index (χ1) is 8.48. The van der Waals surface area contributed by atoms with Crippen LogP contribution in [0.5, 0.6) is 0 Å². The van der Waals surface area contributed by atoms with Gasteiger partial charge in [-0.3, -0.25) is 0 Å². The average molecular weight is 307 g/mol. The van der Waals surface area contributed by atoms with E-state index >= 15 is 0 Å². The van der Waals surface area contributed by atoms with Crippen molar-refractivity contribution >= 4 is 15.9 Å². The lowest BCUT2D eigenvalue weighted by atomic mass is 9.84. The third kappa shape index (κ3) is 4.01. The van der Waals surface area contributed by atoms with Crippen LogP contribution < -0.4 is 0 Å². The van der Waals surface area contributed by atoms with Gasteiger partial charge in [0.25, 0.3) is 0 Å². The molecule has 1 rings (SSSR count). The lowest BCUT2D eigenvalue weighted by Gasteiger charge is -2.27. The first-order valence-corrected chi connectivity index (χ1v) is 6.85. The molecule has 1 aromatic rings. The standard InChI is InChI=1S/C16H19BrO/c1-4-5-6-7-8-13(2)16(3,18)14-9-11-15(17)12-10-14/h4,9-13,18H,1,5-6H2,2-3H3. The van der Waals surface area contributed by atoms with Gasteiger partial charge in [-0.05, 0) is 38.0 Å². The second-order valence-corrected chi connectivity index (χ2v) is 5.44. The topological polar surface area (TPSA) is 20.2 Å². The predicted octanol–water partition coefficient (Wildman–Crippen LogP) is 4.26. The van der Waals surface area contributed by atoms with Crippen LogP contribution in [-0.4, -0.2) is 5.11 Å². The van der Waals surface area contributed by atoms with Crippen molar-refractivity contribution in [2.24, 2.45) is 5.92 Å². The van der Waals surface area contributed by atoms with Gasteiger partial charge in [-0.2, -0.15) is 0 Å². The Morgan fingerprint density at radius 1 is 1.44 bits per heavy atom. The molecule has 2 atom stereocenters. The highest BCUT2D eigenvalue weighted by molar-refractivity contribution is 9.10. The Bertz CT molecular complexity index is 448. The molecule has 96 valence electrons. The van der Waals surface area contributed by atoms with Gasteiger partial charge in [0.1, 0.15) is 5.60 Å². The summed E-state index contributed by atoms with van der Waals surface area (Å²) in [4.78, 5) is 0. The molecular formula is C16H19BrO. The molecule has 0 saturated carbocycles. The normalized spacial score (nSPS) is 15.1. The van der Waals surface area contributed by atoms with E-state index < -0.39 is 5.60 Å². The molecule has 2 unspecified atom stereocenters. The van der Waals surface area contributed by atoms with Crippen LogP contribution >= 0.6 is 15.9 Å². The van der Waals surface area contributed by atoms with Gasteiger partial charge in [0, 0.05) is 10.9 Å². The third-order valence-corrected chi connectivity index (χ3v) is 3.59. The SMILES string of the molecule is C=CCCC#CC(C)C(C)(O)c1ccc(Br)cc1. The molecule has 0 heterocycles. The van der Waals surface area contributed by atoms with Gasteiger partial charge in [0.2, 0.25) is 0 Å². The summed E-state index contributed by atoms with van der Waals surface area (Å²) >= 11 is 3.39. The number of halogens is 1. The number of benzene rings is 1. The van der Waals surface area contributed by atoms with E-state index in [0.29, 0.717) is 0 Å². The summed E-state index contributed by atoms with van der Waals surface area (Å²) in [6.07, 6.45) is 3.54. The van der Waals surface area contributed by atoms with E-state index in [0.717, 1.165) is 22.9 Å². The van der Waals surface area contributed by atoms with Gasteiger partial charge < -0.3 is 5.11 Å². The molecule has 2 heteroatoms. The number of rotatable bonds is 4. The Morgan fingerprint density at radius 3 is 2.61 bits per heavy atom. The first kappa shape index (κ1) is 15.0. The molecule has 0 fully saturated rings. The van der Waals surface area contributed by atoms with Crippen LogP contribution in [-0.2, 0) is 5.60 Å². The fourth-order valence-corrected chi connectivity index (χ4v) is 1.84. The van der Waals surface area contributed by atoms with Crippen molar-refractivity contribution in [1.29, 1.82) is 0 Å². The quantitative estimate of drug-likeness (QED) is 0.500. The lowest BCUT2D eigenvalue weighted by Crippen LogP contribution is -2.28. The fourth-order valence-electron chi connectivity index (χ4n) is 1.58. The molecule has 1 N–H and O–H groups in total. The summed E-state index contributed by atoms with van der Waals surface area (Å²) in [6, 6.07) is 7.71. The van der Waals surface area contributed by atoms with Crippen molar-refractivity contribution < 1.29 is 5.11 Å². The van der Waals surface area contributed by atoms with E-state index in [9.17, 15) is 5.11 Å². The maximum Gasteiger partial charge on any atom is 0.100 e. The van der Waals surface area contributed by atoms with Gasteiger partial charge in [0.05, 0.1) is 5.92 Å². The van der Waals surface area contributed by atoms with E-state index in [1.807, 2.05) is 44.2 Å². The summed E-state index contributed by atoms with van der Waals surface area (Å²) in [5.74, 6) is 6.09. The summed E-state index contributed by atoms with van der Waals surface area (Å²) in [5.41, 5.74) is -0.0433. The second kappa shape index (κ2) is 6.78. The largest absolute Gasteiger partial charge is 0.384 e. The number of aliphatic hydroxyl groups is 1. The monoisotopic (exact) mass is 306 g/mol. The molecule has 0 aliphatic heterocycles. The van der Waals surface area contributed by atoms with Crippen LogP contribution in [0, 0.1) is 17.8 Å². The zero-order valence-corrected chi connectivity index (χ0v) is 12.5. The van der Waals surface area contributed by atoms with Crippen LogP contribution in [0.3, 0.4) is 0 Å². The zero-order chi connectivity index (χ0) is 13.6. The minimum atomic E-state index is -0.929. The second-order valence-electron chi connectivity index (χ2n) is 4.52. The van der Waals surface area contributed by atoms with Crippen LogP contribution in [0.2, 0.25) is 0 Å². The van der Waals surface area contributed by atoms with Crippen molar-refractivity contribution in [2.75, 3.05) is 0 Å². The van der Waals surface area contributed by atoms with Crippen LogP contribution in [0.15, 0.2) is 41.4 Å². The van der Waals surface area contributed by atoms with Crippen LogP contribution in [0.4, 0.5) is 0 Å². The third-order valence-electron chi connectivity index (χ3n) is 3.06. The van der Waals surface area contributed by atoms with E-state index in [1.165, 1.54) is 0 Å². The summed E-state index contributed by atoms with van der Waals surface area (Å²) in [5, 5.41) is 10.6. The number of hydrogen-bond acceptors (Lipinski definition) is 1. The molecule has 1 nitrogen and oxygen atoms in total. The minimum absolute atomic E-state index is 0.108. The van der Waals surface area contributed by atoms with Crippen molar-refractivity contribution in [2.45, 2.75) is 32.3 Å². The Labute approximate surface area is 118 Å². The smallest absolute Gasteiger partial charge is 0.100 e. The van der Waals surface area contributed by atoms with Gasteiger partial charge >= 0.3 is 0 Å². The maximum absolute atomic E-state index is 10.6. The molecule has 1 aromatic carbocycles. The molecular weight excluding hydrogens is 288 g/mol. The fraction of sp³-hybridized carbons (Fsp3) is 0.375. The molecule has 0 saturated heterocycles. The van der Waals surface area contributed by atoms with Gasteiger partial charge in [-0.25, -0.2) is 0 Å². The maximum atomic E-state index is 10.6. The Hall–Kier alpha value is -1.04. The van der Waals surface area contributed by atoms with Crippen LogP contribution in [0.1, 0.15) is 32.3 Å². The number of hydrogen-bond donors (Lipinski definition) is 1. The van der Waals surface area contributed by atoms with Crippen molar-refractivity contribution in [3.8, 4) is 11.8 Å². The Morgan fingerprint density at radius 2 is 2.06 bits per heavy atom. The zero-order valence-electron chi connectivity index (χ0n) is 10.9. The summed E-state index contributed by atoms with van der Waals surface area (Å²) in [7, 11) is 0. The molecule has 0 aliphatic carbocycles. The number of allylic oxidation sites excluding steroid dienone is 1. The van der Waals surface area contributed by atoms with E-state index in [2.05, 4.69) is 34.3 Å². The Balaban J connectivity index is 2.80. The molecule has 0 amide bonds. The van der Waals surface area contributed by atoms with E-state index in [-0.39, 0.29) is 5.92 Å². The summed E-state index contributed by atoms with van der Waals surface area (Å²) in [6.45, 7) is 7.42. The average Bonchev–Trinajstić information content (AvgIpc) is 2.35. The minimum Gasteiger partial charge on any atom is -0.384 e. The van der Waals surface area contributed by atoms with Gasteiger partial charge in [-0.15, -0.1) is 12.5 Å². The van der Waals surface area contributed by atoms with E-state index in [4.69, 9.17) is 0 Å². The highest BCUT2D eigenvalue weighted by Crippen LogP contribution is 2.29. The van der Waals surface area contributed by atoms with E-state index in [1.54, 1.807) is 0 Å². The van der Waals surface area contributed by atoms with Crippen LogP contribution in [0.25, 0.3) is 0 Å². The molecule has 18 heavy (non-hydrogen) atoms. The molecule has 0 spiro atoms. The first-order valence-electron chi connectivity index (χ1n) is 6.06.